The molecule has 1 atom stereocenters. The molecule has 0 radical (unpaired) electrons. The fourth-order valence-electron chi connectivity index (χ4n) is 0.801. The summed E-state index contributed by atoms with van der Waals surface area (Å²) < 4.78 is 5.25. The van der Waals surface area contributed by atoms with Crippen molar-refractivity contribution in [3.63, 3.8) is 0 Å². The van der Waals surface area contributed by atoms with Gasteiger partial charge in [-0.2, -0.15) is 0 Å². The van der Waals surface area contributed by atoms with Crippen molar-refractivity contribution in [1.82, 2.24) is 0 Å². The molecular formula is C10H14O3. The van der Waals surface area contributed by atoms with Crippen molar-refractivity contribution < 1.29 is 14.9 Å². The van der Waals surface area contributed by atoms with Crippen molar-refractivity contribution in [3.8, 4) is 5.75 Å². The average Bonchev–Trinajstić information content (AvgIpc) is 2.17. The van der Waals surface area contributed by atoms with Gasteiger partial charge in [-0.05, 0) is 19.1 Å². The third kappa shape index (κ3) is 3.44. The summed E-state index contributed by atoms with van der Waals surface area (Å²) in [5, 5.41) is 18.2. The maximum atomic E-state index is 9.41. The van der Waals surface area contributed by atoms with Gasteiger partial charge in [0.15, 0.2) is 0 Å². The number of aliphatic hydroxyl groups is 2. The minimum atomic E-state index is -1.17. The normalized spacial score (nSPS) is 15.0. The lowest BCUT2D eigenvalue weighted by molar-refractivity contribution is -0.0324. The molecule has 0 bridgehead atoms. The Bertz CT molecular complexity index is 244. The summed E-state index contributed by atoms with van der Waals surface area (Å²) in [6.07, 6.45) is 0. The van der Waals surface area contributed by atoms with E-state index in [1.165, 1.54) is 6.92 Å². The Balaban J connectivity index is 2.44. The van der Waals surface area contributed by atoms with Crippen molar-refractivity contribution in [2.45, 2.75) is 12.5 Å². The summed E-state index contributed by atoms with van der Waals surface area (Å²) in [7, 11) is 0. The minimum absolute atomic E-state index is 0.0908. The lowest BCUT2D eigenvalue weighted by Crippen LogP contribution is -2.36. The zero-order valence-corrected chi connectivity index (χ0v) is 7.60. The molecule has 1 aromatic carbocycles. The van der Waals surface area contributed by atoms with E-state index in [0.717, 1.165) is 0 Å². The van der Waals surface area contributed by atoms with E-state index >= 15 is 0 Å². The smallest absolute Gasteiger partial charge is 0.119 e. The molecule has 72 valence electrons. The van der Waals surface area contributed by atoms with Crippen LogP contribution in [0.15, 0.2) is 30.3 Å². The van der Waals surface area contributed by atoms with E-state index in [4.69, 9.17) is 9.84 Å². The standard InChI is InChI=1S/C10H14O3/c1-10(12,7-11)8-13-9-5-3-2-4-6-9/h2-6,11-12H,7-8H2,1H3. The van der Waals surface area contributed by atoms with Crippen LogP contribution in [0.25, 0.3) is 0 Å². The molecule has 0 saturated heterocycles. The fourth-order valence-corrected chi connectivity index (χ4v) is 0.801. The molecule has 0 fully saturated rings. The molecule has 13 heavy (non-hydrogen) atoms. The van der Waals surface area contributed by atoms with E-state index in [9.17, 15) is 5.11 Å². The van der Waals surface area contributed by atoms with Gasteiger partial charge >= 0.3 is 0 Å². The molecule has 0 aromatic heterocycles. The van der Waals surface area contributed by atoms with Crippen molar-refractivity contribution >= 4 is 0 Å². The monoisotopic (exact) mass is 182 g/mol. The molecule has 3 nitrogen and oxygen atoms in total. The van der Waals surface area contributed by atoms with Crippen molar-refractivity contribution in [1.29, 1.82) is 0 Å². The van der Waals surface area contributed by atoms with Crippen LogP contribution in [0.1, 0.15) is 6.92 Å². The maximum Gasteiger partial charge on any atom is 0.119 e. The summed E-state index contributed by atoms with van der Waals surface area (Å²) in [6, 6.07) is 9.18. The van der Waals surface area contributed by atoms with Crippen LogP contribution >= 0.6 is 0 Å². The zero-order valence-electron chi connectivity index (χ0n) is 7.60. The van der Waals surface area contributed by atoms with Crippen LogP contribution in [0.2, 0.25) is 0 Å². The van der Waals surface area contributed by atoms with Crippen molar-refractivity contribution in [3.05, 3.63) is 30.3 Å². The largest absolute Gasteiger partial charge is 0.491 e. The average molecular weight is 182 g/mol. The lowest BCUT2D eigenvalue weighted by atomic mass is 10.1. The predicted octanol–water partition coefficient (Wildman–Crippen LogP) is 0.809. The van der Waals surface area contributed by atoms with Gasteiger partial charge in [0.05, 0.1) is 6.61 Å². The quantitative estimate of drug-likeness (QED) is 0.724. The predicted molar refractivity (Wildman–Crippen MR) is 49.6 cm³/mol. The Hall–Kier alpha value is -1.06. The maximum absolute atomic E-state index is 9.41. The zero-order chi connectivity index (χ0) is 9.73. The Morgan fingerprint density at radius 2 is 1.92 bits per heavy atom. The Kier molecular flexibility index (Phi) is 3.28. The summed E-state index contributed by atoms with van der Waals surface area (Å²) in [6.45, 7) is 1.31. The third-order valence-electron chi connectivity index (χ3n) is 1.63. The first-order valence-corrected chi connectivity index (χ1v) is 4.15. The van der Waals surface area contributed by atoms with Gasteiger partial charge in [0, 0.05) is 0 Å². The van der Waals surface area contributed by atoms with E-state index in [1.54, 1.807) is 12.1 Å². The molecule has 1 aromatic rings. The topological polar surface area (TPSA) is 49.7 Å². The van der Waals surface area contributed by atoms with Crippen LogP contribution in [-0.2, 0) is 0 Å². The summed E-state index contributed by atoms with van der Waals surface area (Å²) >= 11 is 0. The molecule has 0 heterocycles. The van der Waals surface area contributed by atoms with E-state index in [0.29, 0.717) is 5.75 Å². The van der Waals surface area contributed by atoms with Gasteiger partial charge in [-0.15, -0.1) is 0 Å². The highest BCUT2D eigenvalue weighted by Gasteiger charge is 2.19. The van der Waals surface area contributed by atoms with E-state index in [2.05, 4.69) is 0 Å². The first kappa shape index (κ1) is 10.0. The Morgan fingerprint density at radius 1 is 1.31 bits per heavy atom. The summed E-state index contributed by atoms with van der Waals surface area (Å²) in [5.41, 5.74) is -1.17. The van der Waals surface area contributed by atoms with Crippen LogP contribution in [0.4, 0.5) is 0 Å². The van der Waals surface area contributed by atoms with Gasteiger partial charge in [0.25, 0.3) is 0 Å². The molecule has 0 aliphatic heterocycles. The van der Waals surface area contributed by atoms with Crippen LogP contribution in [0.3, 0.4) is 0 Å². The van der Waals surface area contributed by atoms with Gasteiger partial charge in [0.2, 0.25) is 0 Å². The molecule has 1 rings (SSSR count). The SMILES string of the molecule is CC(O)(CO)COc1ccccc1. The van der Waals surface area contributed by atoms with Crippen LogP contribution in [-0.4, -0.2) is 29.0 Å². The lowest BCUT2D eigenvalue weighted by Gasteiger charge is -2.20. The Labute approximate surface area is 77.6 Å². The second-order valence-corrected chi connectivity index (χ2v) is 3.26. The number of para-hydroxylation sites is 1. The van der Waals surface area contributed by atoms with E-state index < -0.39 is 5.60 Å². The first-order valence-electron chi connectivity index (χ1n) is 4.15. The van der Waals surface area contributed by atoms with E-state index in [-0.39, 0.29) is 13.2 Å². The second-order valence-electron chi connectivity index (χ2n) is 3.26. The summed E-state index contributed by atoms with van der Waals surface area (Å²) in [5.74, 6) is 0.691. The van der Waals surface area contributed by atoms with Crippen LogP contribution < -0.4 is 4.74 Å². The highest BCUT2D eigenvalue weighted by Crippen LogP contribution is 2.11. The summed E-state index contributed by atoms with van der Waals surface area (Å²) in [4.78, 5) is 0. The number of hydrogen-bond acceptors (Lipinski definition) is 3. The van der Waals surface area contributed by atoms with Crippen molar-refractivity contribution in [2.24, 2.45) is 0 Å². The van der Waals surface area contributed by atoms with Gasteiger partial charge in [-0.3, -0.25) is 0 Å². The molecule has 1 unspecified atom stereocenters. The fraction of sp³-hybridized carbons (Fsp3) is 0.400. The number of aliphatic hydroxyl groups excluding tert-OH is 1. The van der Waals surface area contributed by atoms with Crippen LogP contribution in [0, 0.1) is 0 Å². The van der Waals surface area contributed by atoms with Crippen LogP contribution in [0.5, 0.6) is 5.75 Å². The molecule has 3 heteroatoms. The van der Waals surface area contributed by atoms with Gasteiger partial charge < -0.3 is 14.9 Å². The number of benzene rings is 1. The van der Waals surface area contributed by atoms with E-state index in [1.807, 2.05) is 18.2 Å². The van der Waals surface area contributed by atoms with Gasteiger partial charge in [-0.1, -0.05) is 18.2 Å². The molecule has 0 spiro atoms. The van der Waals surface area contributed by atoms with Crippen molar-refractivity contribution in [2.75, 3.05) is 13.2 Å². The highest BCUT2D eigenvalue weighted by molar-refractivity contribution is 5.21. The molecule has 0 amide bonds. The molecule has 0 aliphatic carbocycles. The minimum Gasteiger partial charge on any atom is -0.491 e. The van der Waals surface area contributed by atoms with Gasteiger partial charge in [-0.25, -0.2) is 0 Å². The highest BCUT2D eigenvalue weighted by atomic mass is 16.5. The Morgan fingerprint density at radius 3 is 2.46 bits per heavy atom. The molecule has 0 aliphatic rings. The third-order valence-corrected chi connectivity index (χ3v) is 1.63. The molecule has 0 saturated carbocycles. The van der Waals surface area contributed by atoms with Gasteiger partial charge in [0.1, 0.15) is 18.0 Å². The second kappa shape index (κ2) is 4.25. The molecule has 2 N–H and O–H groups in total. The number of rotatable bonds is 4. The first-order chi connectivity index (χ1) is 6.14. The molecular weight excluding hydrogens is 168 g/mol. The number of ether oxygens (including phenoxy) is 1. The number of hydrogen-bond donors (Lipinski definition) is 2.